The highest BCUT2D eigenvalue weighted by Crippen LogP contribution is 2.14. The molecule has 26 heavy (non-hydrogen) atoms. The lowest BCUT2D eigenvalue weighted by molar-refractivity contribution is -0.115. The molecule has 0 atom stereocenters. The average Bonchev–Trinajstić information content (AvgIpc) is 2.55. The molecule has 0 unspecified atom stereocenters. The molecule has 0 saturated heterocycles. The number of ether oxygens (including phenoxy) is 1. The third-order valence-corrected chi connectivity index (χ3v) is 3.28. The number of carbonyl (C=O) groups excluding carboxylic acids is 2. The Hall–Kier alpha value is -3.26. The fraction of sp³-hybridized carbons (Fsp3) is 0.238. The van der Waals surface area contributed by atoms with Crippen molar-refractivity contribution in [2.75, 3.05) is 10.6 Å². The van der Waals surface area contributed by atoms with Gasteiger partial charge in [-0.2, -0.15) is 0 Å². The van der Waals surface area contributed by atoms with Crippen molar-refractivity contribution in [1.82, 2.24) is 0 Å². The second-order valence-corrected chi connectivity index (χ2v) is 6.77. The van der Waals surface area contributed by atoms with Crippen LogP contribution >= 0.6 is 0 Å². The molecule has 0 heterocycles. The number of rotatable bonds is 4. The predicted octanol–water partition coefficient (Wildman–Crippen LogP) is 4.20. The average molecular weight is 350 g/mol. The highest BCUT2D eigenvalue weighted by molar-refractivity contribution is 5.92. The molecule has 2 aromatic carbocycles. The van der Waals surface area contributed by atoms with Crippen LogP contribution in [-0.4, -0.2) is 17.6 Å². The maximum Gasteiger partial charge on any atom is 0.412 e. The van der Waals surface area contributed by atoms with E-state index in [4.69, 9.17) is 11.2 Å². The minimum atomic E-state index is -0.557. The zero-order valence-electron chi connectivity index (χ0n) is 15.1. The fourth-order valence-corrected chi connectivity index (χ4v) is 2.20. The van der Waals surface area contributed by atoms with E-state index < -0.39 is 11.7 Å². The Bertz CT molecular complexity index is 828. The van der Waals surface area contributed by atoms with Gasteiger partial charge in [0.1, 0.15) is 5.60 Å². The molecule has 5 nitrogen and oxygen atoms in total. The number of nitrogens with one attached hydrogen (secondary N) is 2. The van der Waals surface area contributed by atoms with Crippen molar-refractivity contribution >= 4 is 23.4 Å². The standard InChI is InChI=1S/C21H22N2O3/c1-5-15-7-6-8-18(13-15)22-19(24)14-16-9-11-17(12-10-16)23-20(25)26-21(2,3)4/h1,6-13H,14H2,2-4H3,(H,22,24)(H,23,25). The normalized spacial score (nSPS) is 10.5. The number of anilines is 2. The second kappa shape index (κ2) is 8.21. The van der Waals surface area contributed by atoms with E-state index in [0.717, 1.165) is 5.56 Å². The molecule has 0 bridgehead atoms. The highest BCUT2D eigenvalue weighted by atomic mass is 16.6. The van der Waals surface area contributed by atoms with Crippen molar-refractivity contribution in [1.29, 1.82) is 0 Å². The van der Waals surface area contributed by atoms with Gasteiger partial charge >= 0.3 is 6.09 Å². The van der Waals surface area contributed by atoms with Crippen LogP contribution in [-0.2, 0) is 16.0 Å². The summed E-state index contributed by atoms with van der Waals surface area (Å²) in [5.74, 6) is 2.38. The third-order valence-electron chi connectivity index (χ3n) is 3.28. The molecule has 0 aromatic heterocycles. The van der Waals surface area contributed by atoms with Crippen molar-refractivity contribution in [2.45, 2.75) is 32.8 Å². The van der Waals surface area contributed by atoms with Crippen LogP contribution < -0.4 is 10.6 Å². The number of terminal acetylenes is 1. The lowest BCUT2D eigenvalue weighted by Gasteiger charge is -2.19. The van der Waals surface area contributed by atoms with Gasteiger partial charge in [0.15, 0.2) is 0 Å². The van der Waals surface area contributed by atoms with Gasteiger partial charge in [-0.1, -0.05) is 24.1 Å². The zero-order valence-corrected chi connectivity index (χ0v) is 15.1. The molecule has 2 amide bonds. The van der Waals surface area contributed by atoms with Crippen molar-refractivity contribution in [2.24, 2.45) is 0 Å². The molecule has 0 aliphatic rings. The van der Waals surface area contributed by atoms with Gasteiger partial charge in [-0.3, -0.25) is 10.1 Å². The first-order chi connectivity index (χ1) is 12.2. The van der Waals surface area contributed by atoms with E-state index in [-0.39, 0.29) is 12.3 Å². The molecule has 0 aliphatic heterocycles. The molecule has 0 fully saturated rings. The van der Waals surface area contributed by atoms with Gasteiger partial charge < -0.3 is 10.1 Å². The number of amides is 2. The maximum atomic E-state index is 12.1. The summed E-state index contributed by atoms with van der Waals surface area (Å²) in [4.78, 5) is 23.9. The molecule has 0 saturated carbocycles. The predicted molar refractivity (Wildman–Crippen MR) is 103 cm³/mol. The minimum Gasteiger partial charge on any atom is -0.444 e. The fourth-order valence-electron chi connectivity index (χ4n) is 2.20. The smallest absolute Gasteiger partial charge is 0.412 e. The summed E-state index contributed by atoms with van der Waals surface area (Å²) in [7, 11) is 0. The van der Waals surface area contributed by atoms with Crippen LogP contribution in [0.2, 0.25) is 0 Å². The van der Waals surface area contributed by atoms with Crippen LogP contribution in [0.25, 0.3) is 0 Å². The Morgan fingerprint density at radius 3 is 2.35 bits per heavy atom. The van der Waals surface area contributed by atoms with Gasteiger partial charge in [-0.05, 0) is 56.7 Å². The summed E-state index contributed by atoms with van der Waals surface area (Å²) < 4.78 is 5.19. The summed E-state index contributed by atoms with van der Waals surface area (Å²) in [6.07, 6.45) is 5.05. The van der Waals surface area contributed by atoms with Crippen LogP contribution in [0.5, 0.6) is 0 Å². The molecule has 2 rings (SSSR count). The van der Waals surface area contributed by atoms with Gasteiger partial charge in [0, 0.05) is 16.9 Å². The summed E-state index contributed by atoms with van der Waals surface area (Å²) in [5, 5.41) is 5.46. The molecular formula is C21H22N2O3. The van der Waals surface area contributed by atoms with Gasteiger partial charge in [-0.25, -0.2) is 4.79 Å². The zero-order chi connectivity index (χ0) is 19.2. The summed E-state index contributed by atoms with van der Waals surface area (Å²) in [5.41, 5.74) is 2.24. The first kappa shape index (κ1) is 19.1. The number of carbonyl (C=O) groups is 2. The van der Waals surface area contributed by atoms with Crippen molar-refractivity contribution in [3.63, 3.8) is 0 Å². The molecule has 0 aliphatic carbocycles. The third kappa shape index (κ3) is 6.33. The summed E-state index contributed by atoms with van der Waals surface area (Å²) in [6.45, 7) is 5.40. The number of hydrogen-bond acceptors (Lipinski definition) is 3. The van der Waals surface area contributed by atoms with Crippen molar-refractivity contribution < 1.29 is 14.3 Å². The van der Waals surface area contributed by atoms with Gasteiger partial charge in [0.05, 0.1) is 6.42 Å². The molecule has 5 heteroatoms. The molecule has 134 valence electrons. The number of hydrogen-bond donors (Lipinski definition) is 2. The Labute approximate surface area is 153 Å². The summed E-state index contributed by atoms with van der Waals surface area (Å²) >= 11 is 0. The molecule has 0 spiro atoms. The monoisotopic (exact) mass is 350 g/mol. The van der Waals surface area contributed by atoms with Crippen LogP contribution in [0.1, 0.15) is 31.9 Å². The van der Waals surface area contributed by atoms with Crippen molar-refractivity contribution in [3.8, 4) is 12.3 Å². The first-order valence-corrected chi connectivity index (χ1v) is 8.21. The van der Waals surface area contributed by atoms with E-state index >= 15 is 0 Å². The molecule has 2 N–H and O–H groups in total. The van der Waals surface area contributed by atoms with Crippen LogP contribution in [0.3, 0.4) is 0 Å². The lowest BCUT2D eigenvalue weighted by atomic mass is 10.1. The van der Waals surface area contributed by atoms with Crippen LogP contribution in [0.4, 0.5) is 16.2 Å². The number of benzene rings is 2. The maximum absolute atomic E-state index is 12.1. The van der Waals surface area contributed by atoms with Gasteiger partial charge in [0.25, 0.3) is 0 Å². The van der Waals surface area contributed by atoms with Crippen LogP contribution in [0, 0.1) is 12.3 Å². The minimum absolute atomic E-state index is 0.146. The Balaban J connectivity index is 1.91. The van der Waals surface area contributed by atoms with Gasteiger partial charge in [-0.15, -0.1) is 6.42 Å². The van der Waals surface area contributed by atoms with E-state index in [1.54, 1.807) is 69.3 Å². The molecule has 0 radical (unpaired) electrons. The Morgan fingerprint density at radius 1 is 1.04 bits per heavy atom. The quantitative estimate of drug-likeness (QED) is 0.812. The van der Waals surface area contributed by atoms with E-state index in [1.165, 1.54) is 0 Å². The lowest BCUT2D eigenvalue weighted by Crippen LogP contribution is -2.27. The highest BCUT2D eigenvalue weighted by Gasteiger charge is 2.16. The molecule has 2 aromatic rings. The van der Waals surface area contributed by atoms with Crippen molar-refractivity contribution in [3.05, 3.63) is 59.7 Å². The van der Waals surface area contributed by atoms with E-state index in [1.807, 2.05) is 0 Å². The van der Waals surface area contributed by atoms with E-state index in [2.05, 4.69) is 16.6 Å². The van der Waals surface area contributed by atoms with Gasteiger partial charge in [0.2, 0.25) is 5.91 Å². The topological polar surface area (TPSA) is 67.4 Å². The SMILES string of the molecule is C#Cc1cccc(NC(=O)Cc2ccc(NC(=O)OC(C)(C)C)cc2)c1. The van der Waals surface area contributed by atoms with E-state index in [0.29, 0.717) is 16.9 Å². The Kier molecular flexibility index (Phi) is 6.03. The Morgan fingerprint density at radius 2 is 1.73 bits per heavy atom. The first-order valence-electron chi connectivity index (χ1n) is 8.21. The van der Waals surface area contributed by atoms with Crippen LogP contribution in [0.15, 0.2) is 48.5 Å². The van der Waals surface area contributed by atoms with E-state index in [9.17, 15) is 9.59 Å². The second-order valence-electron chi connectivity index (χ2n) is 6.77. The largest absolute Gasteiger partial charge is 0.444 e. The molecular weight excluding hydrogens is 328 g/mol. The summed E-state index contributed by atoms with van der Waals surface area (Å²) in [6, 6.07) is 14.1.